The lowest BCUT2D eigenvalue weighted by Crippen LogP contribution is -2.48. The molecule has 2 unspecified atom stereocenters. The number of likely N-dealkylation sites (N-methyl/N-ethyl adjacent to an activating group) is 1. The van der Waals surface area contributed by atoms with Crippen LogP contribution in [-0.4, -0.2) is 37.6 Å². The highest BCUT2D eigenvalue weighted by molar-refractivity contribution is 4.81. The molecule has 0 radical (unpaired) electrons. The van der Waals surface area contributed by atoms with Crippen LogP contribution in [0.4, 0.5) is 0 Å². The van der Waals surface area contributed by atoms with E-state index in [0.717, 1.165) is 17.9 Å². The van der Waals surface area contributed by atoms with Crippen molar-refractivity contribution in [3.05, 3.63) is 0 Å². The predicted molar refractivity (Wildman–Crippen MR) is 69.6 cm³/mol. The van der Waals surface area contributed by atoms with Gasteiger partial charge in [-0.05, 0) is 44.7 Å². The number of hydrogen-bond donors (Lipinski definition) is 1. The van der Waals surface area contributed by atoms with Crippen LogP contribution in [0.3, 0.4) is 0 Å². The van der Waals surface area contributed by atoms with Crippen LogP contribution in [0.1, 0.15) is 45.4 Å². The predicted octanol–water partition coefficient (Wildman–Crippen LogP) is 2.50. The van der Waals surface area contributed by atoms with Gasteiger partial charge in [0, 0.05) is 19.1 Å². The molecule has 1 heterocycles. The molecule has 2 fully saturated rings. The lowest BCUT2D eigenvalue weighted by atomic mass is 9.88. The highest BCUT2D eigenvalue weighted by Crippen LogP contribution is 2.25. The summed E-state index contributed by atoms with van der Waals surface area (Å²) in [4.78, 5) is 2.62. The number of piperidine rings is 1. The van der Waals surface area contributed by atoms with Crippen molar-refractivity contribution in [2.75, 3.05) is 26.7 Å². The minimum Gasteiger partial charge on any atom is -0.315 e. The molecule has 1 aliphatic carbocycles. The van der Waals surface area contributed by atoms with E-state index in [1.54, 1.807) is 0 Å². The Morgan fingerprint density at radius 1 is 1.12 bits per heavy atom. The zero-order valence-corrected chi connectivity index (χ0v) is 11.0. The smallest absolute Gasteiger partial charge is 0.0220 e. The van der Waals surface area contributed by atoms with Gasteiger partial charge in [-0.2, -0.15) is 0 Å². The minimum atomic E-state index is 0.783. The van der Waals surface area contributed by atoms with Gasteiger partial charge in [0.1, 0.15) is 0 Å². The van der Waals surface area contributed by atoms with Gasteiger partial charge in [-0.3, -0.25) is 0 Å². The molecule has 2 atom stereocenters. The maximum atomic E-state index is 3.56. The molecule has 1 saturated heterocycles. The molecule has 0 amide bonds. The summed E-state index contributed by atoms with van der Waals surface area (Å²) in [6.45, 7) is 6.12. The van der Waals surface area contributed by atoms with Crippen LogP contribution in [-0.2, 0) is 0 Å². The summed E-state index contributed by atoms with van der Waals surface area (Å²) in [5.74, 6) is 1.84. The van der Waals surface area contributed by atoms with Crippen molar-refractivity contribution >= 4 is 0 Å². The fraction of sp³-hybridized carbons (Fsp3) is 1.00. The van der Waals surface area contributed by atoms with Crippen LogP contribution in [0.2, 0.25) is 0 Å². The first-order valence-electron chi connectivity index (χ1n) is 7.16. The standard InChI is InChI=1S/C14H28N2/c1-12-8-14(10-15-9-12)16(2)11-13-6-4-3-5-7-13/h12-15H,3-11H2,1-2H3. The van der Waals surface area contributed by atoms with Gasteiger partial charge >= 0.3 is 0 Å². The third-order valence-electron chi connectivity index (χ3n) is 4.44. The number of hydrogen-bond acceptors (Lipinski definition) is 2. The van der Waals surface area contributed by atoms with Gasteiger partial charge in [0.15, 0.2) is 0 Å². The van der Waals surface area contributed by atoms with E-state index in [1.165, 1.54) is 58.2 Å². The van der Waals surface area contributed by atoms with Crippen molar-refractivity contribution in [3.8, 4) is 0 Å². The summed E-state index contributed by atoms with van der Waals surface area (Å²) in [6.07, 6.45) is 8.74. The molecule has 16 heavy (non-hydrogen) atoms. The topological polar surface area (TPSA) is 15.3 Å². The fourth-order valence-corrected chi connectivity index (χ4v) is 3.39. The van der Waals surface area contributed by atoms with E-state index in [1.807, 2.05) is 0 Å². The molecule has 94 valence electrons. The van der Waals surface area contributed by atoms with Crippen molar-refractivity contribution in [2.45, 2.75) is 51.5 Å². The van der Waals surface area contributed by atoms with Crippen LogP contribution in [0, 0.1) is 11.8 Å². The average molecular weight is 224 g/mol. The Hall–Kier alpha value is -0.0800. The van der Waals surface area contributed by atoms with Gasteiger partial charge in [0.05, 0.1) is 0 Å². The van der Waals surface area contributed by atoms with Crippen LogP contribution in [0.25, 0.3) is 0 Å². The summed E-state index contributed by atoms with van der Waals surface area (Å²) >= 11 is 0. The molecule has 1 saturated carbocycles. The molecule has 0 aromatic carbocycles. The van der Waals surface area contributed by atoms with Crippen molar-refractivity contribution in [3.63, 3.8) is 0 Å². The second kappa shape index (κ2) is 6.02. The highest BCUT2D eigenvalue weighted by atomic mass is 15.2. The molecule has 0 aromatic rings. The van der Waals surface area contributed by atoms with Gasteiger partial charge in [-0.15, -0.1) is 0 Å². The Morgan fingerprint density at radius 3 is 2.56 bits per heavy atom. The second-order valence-electron chi connectivity index (χ2n) is 6.10. The van der Waals surface area contributed by atoms with E-state index in [2.05, 4.69) is 24.2 Å². The summed E-state index contributed by atoms with van der Waals surface area (Å²) in [6, 6.07) is 0.783. The average Bonchev–Trinajstić information content (AvgIpc) is 2.30. The van der Waals surface area contributed by atoms with E-state index in [9.17, 15) is 0 Å². The van der Waals surface area contributed by atoms with Crippen molar-refractivity contribution in [2.24, 2.45) is 11.8 Å². The fourth-order valence-electron chi connectivity index (χ4n) is 3.39. The zero-order chi connectivity index (χ0) is 11.4. The first kappa shape index (κ1) is 12.4. The summed E-state index contributed by atoms with van der Waals surface area (Å²) in [5.41, 5.74) is 0. The molecular weight excluding hydrogens is 196 g/mol. The third kappa shape index (κ3) is 3.46. The lowest BCUT2D eigenvalue weighted by molar-refractivity contribution is 0.142. The molecule has 2 aliphatic rings. The van der Waals surface area contributed by atoms with Gasteiger partial charge < -0.3 is 10.2 Å². The van der Waals surface area contributed by atoms with E-state index in [4.69, 9.17) is 0 Å². The summed E-state index contributed by atoms with van der Waals surface area (Å²) in [5, 5.41) is 3.56. The van der Waals surface area contributed by atoms with E-state index in [0.29, 0.717) is 0 Å². The monoisotopic (exact) mass is 224 g/mol. The quantitative estimate of drug-likeness (QED) is 0.792. The maximum absolute atomic E-state index is 3.56. The zero-order valence-electron chi connectivity index (χ0n) is 11.0. The summed E-state index contributed by atoms with van der Waals surface area (Å²) in [7, 11) is 2.33. The van der Waals surface area contributed by atoms with Crippen molar-refractivity contribution in [1.82, 2.24) is 10.2 Å². The first-order valence-corrected chi connectivity index (χ1v) is 7.16. The van der Waals surface area contributed by atoms with Gasteiger partial charge in [-0.1, -0.05) is 26.2 Å². The normalized spacial score (nSPS) is 33.2. The Bertz CT molecular complexity index is 199. The van der Waals surface area contributed by atoms with Crippen LogP contribution in [0.15, 0.2) is 0 Å². The summed E-state index contributed by atoms with van der Waals surface area (Å²) < 4.78 is 0. The van der Waals surface area contributed by atoms with E-state index < -0.39 is 0 Å². The maximum Gasteiger partial charge on any atom is 0.0220 e. The second-order valence-corrected chi connectivity index (χ2v) is 6.10. The highest BCUT2D eigenvalue weighted by Gasteiger charge is 2.24. The Labute approximate surface area is 101 Å². The third-order valence-corrected chi connectivity index (χ3v) is 4.44. The molecule has 1 N–H and O–H groups in total. The Morgan fingerprint density at radius 2 is 1.88 bits per heavy atom. The molecule has 0 spiro atoms. The SMILES string of the molecule is CC1CNCC(N(C)CC2CCCCC2)C1. The number of nitrogens with zero attached hydrogens (tertiary/aromatic N) is 1. The lowest BCUT2D eigenvalue weighted by Gasteiger charge is -2.37. The number of rotatable bonds is 3. The molecule has 0 bridgehead atoms. The molecule has 2 rings (SSSR count). The van der Waals surface area contributed by atoms with Gasteiger partial charge in [-0.25, -0.2) is 0 Å². The van der Waals surface area contributed by atoms with Crippen LogP contribution in [0.5, 0.6) is 0 Å². The van der Waals surface area contributed by atoms with E-state index >= 15 is 0 Å². The molecule has 0 aromatic heterocycles. The van der Waals surface area contributed by atoms with Crippen LogP contribution >= 0.6 is 0 Å². The number of nitrogens with one attached hydrogen (secondary N) is 1. The molecular formula is C14H28N2. The minimum absolute atomic E-state index is 0.783. The molecule has 1 aliphatic heterocycles. The van der Waals surface area contributed by atoms with Crippen molar-refractivity contribution in [1.29, 1.82) is 0 Å². The van der Waals surface area contributed by atoms with Gasteiger partial charge in [0.2, 0.25) is 0 Å². The largest absolute Gasteiger partial charge is 0.315 e. The van der Waals surface area contributed by atoms with Gasteiger partial charge in [0.25, 0.3) is 0 Å². The van der Waals surface area contributed by atoms with Crippen molar-refractivity contribution < 1.29 is 0 Å². The Kier molecular flexibility index (Phi) is 4.66. The Balaban J connectivity index is 1.75. The van der Waals surface area contributed by atoms with E-state index in [-0.39, 0.29) is 0 Å². The first-order chi connectivity index (χ1) is 7.75. The molecule has 2 heteroatoms. The van der Waals surface area contributed by atoms with Crippen LogP contribution < -0.4 is 5.32 Å². The molecule has 2 nitrogen and oxygen atoms in total.